The molecule has 1 heterocycles. The Balaban J connectivity index is 1.92. The summed E-state index contributed by atoms with van der Waals surface area (Å²) >= 11 is 1.35. The Bertz CT molecular complexity index is 1130. The van der Waals surface area contributed by atoms with E-state index in [0.717, 1.165) is 28.8 Å². The molecule has 170 valence electrons. The lowest BCUT2D eigenvalue weighted by atomic mass is 10.2. The number of thiazole rings is 1. The molecule has 0 aliphatic heterocycles. The Morgan fingerprint density at radius 1 is 1.03 bits per heavy atom. The van der Waals surface area contributed by atoms with Crippen molar-refractivity contribution in [1.29, 1.82) is 0 Å². The normalized spacial score (nSPS) is 11.7. The van der Waals surface area contributed by atoms with Gasteiger partial charge in [0.15, 0.2) is 4.80 Å². The maximum atomic E-state index is 12.8. The second-order valence-corrected chi connectivity index (χ2v) is 8.06. The van der Waals surface area contributed by atoms with Gasteiger partial charge in [0.1, 0.15) is 5.75 Å². The molecule has 0 aliphatic carbocycles. The van der Waals surface area contributed by atoms with Crippen molar-refractivity contribution in [2.24, 2.45) is 4.99 Å². The molecule has 0 saturated carbocycles. The summed E-state index contributed by atoms with van der Waals surface area (Å²) in [6, 6.07) is 12.3. The van der Waals surface area contributed by atoms with Crippen molar-refractivity contribution in [2.75, 3.05) is 26.9 Å². The van der Waals surface area contributed by atoms with Crippen molar-refractivity contribution < 1.29 is 23.8 Å². The number of esters is 1. The fraction of sp³-hybridized carbons (Fsp3) is 0.375. The summed E-state index contributed by atoms with van der Waals surface area (Å²) < 4.78 is 18.8. The van der Waals surface area contributed by atoms with Crippen LogP contribution in [0.5, 0.6) is 5.75 Å². The smallest absolute Gasteiger partial charge is 0.337 e. The minimum Gasteiger partial charge on any atom is -0.494 e. The van der Waals surface area contributed by atoms with E-state index in [2.05, 4.69) is 11.9 Å². The van der Waals surface area contributed by atoms with E-state index in [4.69, 9.17) is 14.2 Å². The first kappa shape index (κ1) is 23.7. The van der Waals surface area contributed by atoms with Gasteiger partial charge in [-0.15, -0.1) is 0 Å². The van der Waals surface area contributed by atoms with Gasteiger partial charge in [-0.05, 0) is 55.8 Å². The summed E-state index contributed by atoms with van der Waals surface area (Å²) in [4.78, 5) is 29.7. The first-order valence-corrected chi connectivity index (χ1v) is 11.5. The van der Waals surface area contributed by atoms with Crippen LogP contribution in [0.2, 0.25) is 0 Å². The lowest BCUT2D eigenvalue weighted by molar-refractivity contribution is 0.0600. The van der Waals surface area contributed by atoms with Crippen molar-refractivity contribution in [3.05, 3.63) is 58.4 Å². The molecule has 0 N–H and O–H groups in total. The van der Waals surface area contributed by atoms with Gasteiger partial charge in [-0.2, -0.15) is 4.99 Å². The van der Waals surface area contributed by atoms with E-state index in [1.165, 1.54) is 18.4 Å². The number of methoxy groups -OCH3 is 1. The number of hydrogen-bond donors (Lipinski definition) is 0. The fourth-order valence-electron chi connectivity index (χ4n) is 3.10. The lowest BCUT2D eigenvalue weighted by Gasteiger charge is -2.06. The highest BCUT2D eigenvalue weighted by Gasteiger charge is 2.13. The molecule has 0 atom stereocenters. The highest BCUT2D eigenvalue weighted by atomic mass is 32.1. The molecule has 1 amide bonds. The van der Waals surface area contributed by atoms with Crippen LogP contribution in [-0.4, -0.2) is 43.4 Å². The zero-order valence-corrected chi connectivity index (χ0v) is 19.4. The number of nitrogens with zero attached hydrogens (tertiary/aromatic N) is 2. The predicted molar refractivity (Wildman–Crippen MR) is 124 cm³/mol. The minimum absolute atomic E-state index is 0.338. The quantitative estimate of drug-likeness (QED) is 0.333. The molecule has 1 aromatic heterocycles. The van der Waals surface area contributed by atoms with Crippen LogP contribution in [0.15, 0.2) is 47.5 Å². The Labute approximate surface area is 191 Å². The number of carbonyl (C=O) groups excluding carboxylic acids is 2. The fourth-order valence-corrected chi connectivity index (χ4v) is 4.19. The van der Waals surface area contributed by atoms with Crippen LogP contribution in [0.1, 0.15) is 47.4 Å². The van der Waals surface area contributed by atoms with Gasteiger partial charge in [0.2, 0.25) is 0 Å². The van der Waals surface area contributed by atoms with E-state index < -0.39 is 5.97 Å². The molecule has 2 aromatic carbocycles. The Morgan fingerprint density at radius 2 is 1.78 bits per heavy atom. The summed E-state index contributed by atoms with van der Waals surface area (Å²) in [6.07, 6.45) is 2.05. The molecule has 0 unspecified atom stereocenters. The zero-order valence-electron chi connectivity index (χ0n) is 18.6. The molecule has 0 bridgehead atoms. The van der Waals surface area contributed by atoms with Gasteiger partial charge in [0.05, 0.1) is 36.1 Å². The first-order valence-electron chi connectivity index (χ1n) is 10.7. The summed E-state index contributed by atoms with van der Waals surface area (Å²) in [5.74, 6) is -0.00836. The number of aromatic nitrogens is 1. The molecule has 3 aromatic rings. The van der Waals surface area contributed by atoms with E-state index in [9.17, 15) is 9.59 Å². The standard InChI is InChI=1S/C24H28N2O5S/c1-4-6-14-31-19-10-7-17(8-11-19)22(27)25-24-26(13-15-30-5-2)20-12-9-18(23(28)29-3)16-21(20)32-24/h7-12,16H,4-6,13-15H2,1-3H3. The lowest BCUT2D eigenvalue weighted by Crippen LogP contribution is -2.19. The molecule has 0 saturated heterocycles. The summed E-state index contributed by atoms with van der Waals surface area (Å²) in [5, 5.41) is 0. The second-order valence-electron chi connectivity index (χ2n) is 7.05. The Morgan fingerprint density at radius 3 is 2.47 bits per heavy atom. The van der Waals surface area contributed by atoms with Crippen molar-refractivity contribution >= 4 is 33.4 Å². The van der Waals surface area contributed by atoms with Crippen molar-refractivity contribution in [3.63, 3.8) is 0 Å². The number of fused-ring (bicyclic) bond motifs is 1. The first-order chi connectivity index (χ1) is 15.6. The number of unbranched alkanes of at least 4 members (excludes halogenated alkanes) is 1. The molecule has 8 heteroatoms. The number of rotatable bonds is 10. The third-order valence-electron chi connectivity index (χ3n) is 4.83. The third-order valence-corrected chi connectivity index (χ3v) is 5.87. The van der Waals surface area contributed by atoms with Crippen LogP contribution in [0.3, 0.4) is 0 Å². The van der Waals surface area contributed by atoms with Crippen LogP contribution < -0.4 is 9.54 Å². The number of hydrogen-bond acceptors (Lipinski definition) is 6. The molecular weight excluding hydrogens is 428 g/mol. The number of amides is 1. The van der Waals surface area contributed by atoms with Gasteiger partial charge in [0, 0.05) is 18.7 Å². The van der Waals surface area contributed by atoms with Crippen molar-refractivity contribution in [2.45, 2.75) is 33.2 Å². The molecule has 0 radical (unpaired) electrons. The molecular formula is C24H28N2O5S. The van der Waals surface area contributed by atoms with E-state index in [1.807, 2.05) is 17.6 Å². The van der Waals surface area contributed by atoms with Crippen molar-refractivity contribution in [3.8, 4) is 5.75 Å². The minimum atomic E-state index is -0.406. The van der Waals surface area contributed by atoms with E-state index in [-0.39, 0.29) is 5.91 Å². The molecule has 0 aliphatic rings. The summed E-state index contributed by atoms with van der Waals surface area (Å²) in [5.41, 5.74) is 1.82. The van der Waals surface area contributed by atoms with Gasteiger partial charge in [-0.1, -0.05) is 24.7 Å². The number of ether oxygens (including phenoxy) is 3. The Kier molecular flexibility index (Phi) is 8.58. The van der Waals surface area contributed by atoms with Gasteiger partial charge in [-0.25, -0.2) is 4.79 Å². The topological polar surface area (TPSA) is 79.1 Å². The molecule has 3 rings (SSSR count). The van der Waals surface area contributed by atoms with Gasteiger partial charge in [-0.3, -0.25) is 4.79 Å². The van der Waals surface area contributed by atoms with Gasteiger partial charge < -0.3 is 18.8 Å². The molecule has 0 spiro atoms. The molecule has 7 nitrogen and oxygen atoms in total. The molecule has 0 fully saturated rings. The number of carbonyl (C=O) groups is 2. The maximum absolute atomic E-state index is 12.8. The van der Waals surface area contributed by atoms with Crippen LogP contribution in [0.4, 0.5) is 0 Å². The second kappa shape index (κ2) is 11.6. The third kappa shape index (κ3) is 5.83. The van der Waals surface area contributed by atoms with Gasteiger partial charge in [0.25, 0.3) is 5.91 Å². The van der Waals surface area contributed by atoms with E-state index in [1.54, 1.807) is 36.4 Å². The average molecular weight is 457 g/mol. The summed E-state index contributed by atoms with van der Waals surface area (Å²) in [6.45, 7) is 6.34. The van der Waals surface area contributed by atoms with Crippen LogP contribution in [0.25, 0.3) is 10.2 Å². The summed E-state index contributed by atoms with van der Waals surface area (Å²) in [7, 11) is 1.35. The van der Waals surface area contributed by atoms with Crippen LogP contribution in [0, 0.1) is 0 Å². The average Bonchev–Trinajstić information content (AvgIpc) is 3.15. The highest BCUT2D eigenvalue weighted by Crippen LogP contribution is 2.20. The van der Waals surface area contributed by atoms with Crippen LogP contribution >= 0.6 is 11.3 Å². The predicted octanol–water partition coefficient (Wildman–Crippen LogP) is 4.45. The Hall–Kier alpha value is -2.97. The van der Waals surface area contributed by atoms with E-state index in [0.29, 0.717) is 42.3 Å². The van der Waals surface area contributed by atoms with E-state index >= 15 is 0 Å². The SMILES string of the molecule is CCCCOc1ccc(C(=O)N=c2sc3cc(C(=O)OC)ccc3n2CCOCC)cc1. The van der Waals surface area contributed by atoms with Crippen LogP contribution in [-0.2, 0) is 16.0 Å². The monoisotopic (exact) mass is 456 g/mol. The largest absolute Gasteiger partial charge is 0.494 e. The highest BCUT2D eigenvalue weighted by molar-refractivity contribution is 7.16. The van der Waals surface area contributed by atoms with Crippen molar-refractivity contribution in [1.82, 2.24) is 4.57 Å². The molecule has 32 heavy (non-hydrogen) atoms. The zero-order chi connectivity index (χ0) is 22.9. The van der Waals surface area contributed by atoms with Gasteiger partial charge >= 0.3 is 5.97 Å². The maximum Gasteiger partial charge on any atom is 0.337 e. The number of benzene rings is 2.